The molecule has 0 saturated heterocycles. The largest absolute Gasteiger partial charge is 0.366 e. The third kappa shape index (κ3) is 7.18. The molecule has 0 spiro atoms. The van der Waals surface area contributed by atoms with Crippen LogP contribution in [0.3, 0.4) is 0 Å². The first-order valence-corrected chi connectivity index (χ1v) is 15.2. The summed E-state index contributed by atoms with van der Waals surface area (Å²) in [6, 6.07) is 23.0. The van der Waals surface area contributed by atoms with Crippen LogP contribution >= 0.6 is 11.6 Å². The highest BCUT2D eigenvalue weighted by Crippen LogP contribution is 2.32. The molecule has 0 bridgehead atoms. The van der Waals surface area contributed by atoms with E-state index >= 15 is 0 Å². The van der Waals surface area contributed by atoms with Crippen LogP contribution in [0.4, 0.5) is 5.69 Å². The summed E-state index contributed by atoms with van der Waals surface area (Å²) in [5, 5.41) is 3.55. The van der Waals surface area contributed by atoms with Gasteiger partial charge in [0.2, 0.25) is 11.8 Å². The number of amides is 3. The number of hydrogen-bond donors (Lipinski definition) is 4. The van der Waals surface area contributed by atoms with Gasteiger partial charge in [0.15, 0.2) is 0 Å². The van der Waals surface area contributed by atoms with Crippen LogP contribution in [-0.4, -0.2) is 41.3 Å². The number of benzene rings is 3. The third-order valence-corrected chi connectivity index (χ3v) is 8.65. The number of nitrogens with zero attached hydrogens (tertiary/aromatic N) is 2. The lowest BCUT2D eigenvalue weighted by Crippen LogP contribution is -2.37. The summed E-state index contributed by atoms with van der Waals surface area (Å²) in [5.41, 5.74) is 15.1. The monoisotopic (exact) mass is 612 g/mol. The van der Waals surface area contributed by atoms with Crippen molar-refractivity contribution in [3.63, 3.8) is 0 Å². The Morgan fingerprint density at radius 3 is 2.34 bits per heavy atom. The first kappa shape index (κ1) is 31.0. The molecule has 1 fully saturated rings. The summed E-state index contributed by atoms with van der Waals surface area (Å²) in [6.07, 6.45) is 3.86. The van der Waals surface area contributed by atoms with E-state index in [1.54, 1.807) is 48.3 Å². The van der Waals surface area contributed by atoms with E-state index in [1.807, 2.05) is 42.5 Å². The topological polar surface area (TPSA) is 147 Å². The Balaban J connectivity index is 1.41. The van der Waals surface area contributed by atoms with Gasteiger partial charge < -0.3 is 26.7 Å². The molecular weight excluding hydrogens is 576 g/mol. The number of imidazole rings is 1. The second-order valence-electron chi connectivity index (χ2n) is 11.3. The lowest BCUT2D eigenvalue weighted by atomic mass is 9.81. The number of nitrogens with two attached hydrogens (primary N) is 2. The quantitative estimate of drug-likeness (QED) is 0.193. The van der Waals surface area contributed by atoms with Gasteiger partial charge >= 0.3 is 0 Å². The average Bonchev–Trinajstić information content (AvgIpc) is 3.45. The molecule has 1 heterocycles. The molecule has 1 aliphatic rings. The van der Waals surface area contributed by atoms with Crippen LogP contribution in [0.25, 0.3) is 11.3 Å². The van der Waals surface area contributed by atoms with E-state index in [-0.39, 0.29) is 17.7 Å². The molecular formula is C34H37ClN6O3. The smallest absolute Gasteiger partial charge is 0.258 e. The number of primary amides is 1. The van der Waals surface area contributed by atoms with Crippen LogP contribution in [-0.2, 0) is 11.2 Å². The van der Waals surface area contributed by atoms with Gasteiger partial charge in [0.05, 0.1) is 6.04 Å². The number of aromatic amines is 1. The van der Waals surface area contributed by atoms with Gasteiger partial charge in [-0.15, -0.1) is 0 Å². The lowest BCUT2D eigenvalue weighted by molar-refractivity contribution is -0.127. The molecule has 0 radical (unpaired) electrons. The van der Waals surface area contributed by atoms with Gasteiger partial charge in [-0.2, -0.15) is 0 Å². The zero-order chi connectivity index (χ0) is 31.2. The van der Waals surface area contributed by atoms with Gasteiger partial charge in [-0.3, -0.25) is 14.4 Å². The molecule has 1 aliphatic carbocycles. The highest BCUT2D eigenvalue weighted by Gasteiger charge is 2.29. The van der Waals surface area contributed by atoms with Crippen LogP contribution in [0, 0.1) is 11.8 Å². The van der Waals surface area contributed by atoms with E-state index in [0.717, 1.165) is 36.9 Å². The van der Waals surface area contributed by atoms with E-state index in [4.69, 9.17) is 28.1 Å². The van der Waals surface area contributed by atoms with Gasteiger partial charge in [-0.05, 0) is 86.5 Å². The van der Waals surface area contributed by atoms with E-state index in [0.29, 0.717) is 52.2 Å². The summed E-state index contributed by atoms with van der Waals surface area (Å²) in [7, 11) is 1.74. The Hall–Kier alpha value is -4.47. The Morgan fingerprint density at radius 1 is 0.977 bits per heavy atom. The maximum absolute atomic E-state index is 13.5. The molecule has 10 heteroatoms. The van der Waals surface area contributed by atoms with Crippen molar-refractivity contribution in [2.24, 2.45) is 23.3 Å². The molecule has 6 N–H and O–H groups in total. The molecule has 0 aliphatic heterocycles. The Kier molecular flexibility index (Phi) is 9.77. The van der Waals surface area contributed by atoms with Crippen LogP contribution in [0.5, 0.6) is 0 Å². The van der Waals surface area contributed by atoms with Crippen molar-refractivity contribution in [3.8, 4) is 11.3 Å². The molecule has 4 aromatic rings. The number of aromatic nitrogens is 2. The zero-order valence-electron chi connectivity index (χ0n) is 24.6. The fraction of sp³-hybridized carbons (Fsp3) is 0.294. The van der Waals surface area contributed by atoms with E-state index < -0.39 is 11.9 Å². The van der Waals surface area contributed by atoms with Crippen LogP contribution in [0.1, 0.15) is 63.8 Å². The fourth-order valence-electron chi connectivity index (χ4n) is 5.70. The number of halogens is 1. The van der Waals surface area contributed by atoms with Crippen molar-refractivity contribution in [1.29, 1.82) is 0 Å². The van der Waals surface area contributed by atoms with E-state index in [2.05, 4.69) is 10.3 Å². The SMILES string of the molecule is CN(C(=O)c1ccccc1)c1cccc(CC(NC(=O)C2CCC(CN)CC2)c2nc(-c3ccc(C(N)=O)cc3)c(Cl)[nH]2)c1. The van der Waals surface area contributed by atoms with Gasteiger partial charge in [-0.1, -0.05) is 54.1 Å². The van der Waals surface area contributed by atoms with Crippen molar-refractivity contribution in [1.82, 2.24) is 15.3 Å². The predicted octanol–water partition coefficient (Wildman–Crippen LogP) is 5.27. The van der Waals surface area contributed by atoms with Crippen molar-refractivity contribution < 1.29 is 14.4 Å². The number of anilines is 1. The van der Waals surface area contributed by atoms with Gasteiger partial charge in [0.1, 0.15) is 16.7 Å². The van der Waals surface area contributed by atoms with Crippen molar-refractivity contribution in [3.05, 3.63) is 107 Å². The molecule has 1 atom stereocenters. The zero-order valence-corrected chi connectivity index (χ0v) is 25.4. The molecule has 1 aromatic heterocycles. The second-order valence-corrected chi connectivity index (χ2v) is 11.7. The predicted molar refractivity (Wildman–Crippen MR) is 172 cm³/mol. The highest BCUT2D eigenvalue weighted by molar-refractivity contribution is 6.31. The van der Waals surface area contributed by atoms with Crippen molar-refractivity contribution in [2.75, 3.05) is 18.5 Å². The van der Waals surface area contributed by atoms with Crippen LogP contribution in [0.15, 0.2) is 78.9 Å². The number of H-pyrrole nitrogens is 1. The number of carbonyl (C=O) groups excluding carboxylic acids is 3. The fourth-order valence-corrected chi connectivity index (χ4v) is 5.95. The number of nitrogens with one attached hydrogen (secondary N) is 2. The molecule has 1 saturated carbocycles. The Morgan fingerprint density at radius 2 is 1.68 bits per heavy atom. The van der Waals surface area contributed by atoms with Gasteiger partial charge in [-0.25, -0.2) is 4.98 Å². The lowest BCUT2D eigenvalue weighted by Gasteiger charge is -2.28. The Labute approximate surface area is 262 Å². The normalized spacial score (nSPS) is 17.1. The first-order chi connectivity index (χ1) is 21.2. The number of carbonyl (C=O) groups is 3. The van der Waals surface area contributed by atoms with E-state index in [1.165, 1.54) is 0 Å². The van der Waals surface area contributed by atoms with Gasteiger partial charge in [0, 0.05) is 35.3 Å². The maximum Gasteiger partial charge on any atom is 0.258 e. The highest BCUT2D eigenvalue weighted by atomic mass is 35.5. The minimum absolute atomic E-state index is 0.0297. The summed E-state index contributed by atoms with van der Waals surface area (Å²) >= 11 is 6.63. The molecule has 9 nitrogen and oxygen atoms in total. The minimum Gasteiger partial charge on any atom is -0.366 e. The summed E-state index contributed by atoms with van der Waals surface area (Å²) in [6.45, 7) is 0.641. The summed E-state index contributed by atoms with van der Waals surface area (Å²) < 4.78 is 0. The number of rotatable bonds is 10. The molecule has 3 amide bonds. The third-order valence-electron chi connectivity index (χ3n) is 8.38. The van der Waals surface area contributed by atoms with Crippen LogP contribution in [0.2, 0.25) is 5.15 Å². The first-order valence-electron chi connectivity index (χ1n) is 14.8. The summed E-state index contributed by atoms with van der Waals surface area (Å²) in [4.78, 5) is 47.8. The van der Waals surface area contributed by atoms with Crippen molar-refractivity contribution in [2.45, 2.75) is 38.1 Å². The molecule has 44 heavy (non-hydrogen) atoms. The second kappa shape index (κ2) is 13.9. The molecule has 3 aromatic carbocycles. The molecule has 228 valence electrons. The Bertz CT molecular complexity index is 1610. The summed E-state index contributed by atoms with van der Waals surface area (Å²) in [5.74, 6) is 0.190. The average molecular weight is 613 g/mol. The number of hydrogen-bond acceptors (Lipinski definition) is 5. The van der Waals surface area contributed by atoms with Crippen LogP contribution < -0.4 is 21.7 Å². The molecule has 5 rings (SSSR count). The minimum atomic E-state index is -0.521. The van der Waals surface area contributed by atoms with E-state index in [9.17, 15) is 14.4 Å². The molecule has 1 unspecified atom stereocenters. The van der Waals surface area contributed by atoms with Gasteiger partial charge in [0.25, 0.3) is 5.91 Å². The maximum atomic E-state index is 13.5. The standard InChI is InChI=1S/C34H37ClN6O3/c1-41(34(44)26-7-3-2-4-8-26)27-9-5-6-22(18-27)19-28(38-33(43)25-12-10-21(20-36)11-13-25)32-39-29(30(35)40-32)23-14-16-24(17-15-23)31(37)42/h2-9,14-18,21,25,28H,10-13,19-20,36H2,1H3,(H2,37,42)(H,38,43)(H,39,40). The van der Waals surface area contributed by atoms with Crippen molar-refractivity contribution >= 4 is 35.0 Å².